The molecule has 76 valence electrons. The molecule has 0 amide bonds. The van der Waals surface area contributed by atoms with Crippen LogP contribution in [0.5, 0.6) is 0 Å². The lowest BCUT2D eigenvalue weighted by Crippen LogP contribution is -2.06. The van der Waals surface area contributed by atoms with Crippen molar-refractivity contribution in [2.45, 2.75) is 6.92 Å². The maximum atomic E-state index is 11.2. The number of pyridine rings is 1. The van der Waals surface area contributed by atoms with E-state index in [9.17, 15) is 4.79 Å². The smallest absolute Gasteiger partial charge is 0.348 e. The Bertz CT molecular complexity index is 404. The minimum absolute atomic E-state index is 0.0458. The topological polar surface area (TPSA) is 63.0 Å². The summed E-state index contributed by atoms with van der Waals surface area (Å²) in [6, 6.07) is 7.02. The minimum atomic E-state index is -0.620. The zero-order chi connectivity index (χ0) is 11.1. The van der Waals surface area contributed by atoms with Crippen LogP contribution in [0, 0.1) is 11.3 Å². The van der Waals surface area contributed by atoms with Gasteiger partial charge < -0.3 is 4.74 Å². The number of ether oxygens (including phenoxy) is 1. The van der Waals surface area contributed by atoms with Crippen molar-refractivity contribution in [3.05, 3.63) is 35.7 Å². The number of nitriles is 1. The molecule has 4 nitrogen and oxygen atoms in total. The van der Waals surface area contributed by atoms with Gasteiger partial charge in [0.25, 0.3) is 0 Å². The van der Waals surface area contributed by atoms with Crippen LogP contribution in [0.4, 0.5) is 0 Å². The van der Waals surface area contributed by atoms with E-state index in [1.807, 2.05) is 0 Å². The first-order valence-corrected chi connectivity index (χ1v) is 4.48. The monoisotopic (exact) mass is 202 g/mol. The Hall–Kier alpha value is -2.15. The lowest BCUT2D eigenvalue weighted by atomic mass is 10.2. The number of hydrogen-bond acceptors (Lipinski definition) is 4. The summed E-state index contributed by atoms with van der Waals surface area (Å²) >= 11 is 0. The fourth-order valence-corrected chi connectivity index (χ4v) is 0.955. The van der Waals surface area contributed by atoms with Crippen LogP contribution in [0.3, 0.4) is 0 Å². The Morgan fingerprint density at radius 1 is 1.67 bits per heavy atom. The summed E-state index contributed by atoms with van der Waals surface area (Å²) < 4.78 is 4.71. The maximum absolute atomic E-state index is 11.2. The van der Waals surface area contributed by atoms with Crippen LogP contribution >= 0.6 is 0 Å². The molecule has 4 heteroatoms. The van der Waals surface area contributed by atoms with Crippen molar-refractivity contribution >= 4 is 12.0 Å². The van der Waals surface area contributed by atoms with Gasteiger partial charge in [0.1, 0.15) is 11.6 Å². The second-order valence-electron chi connectivity index (χ2n) is 2.64. The molecule has 0 saturated carbocycles. The third kappa shape index (κ3) is 3.24. The first-order valence-electron chi connectivity index (χ1n) is 4.48. The Balaban J connectivity index is 2.89. The van der Waals surface area contributed by atoms with E-state index >= 15 is 0 Å². The highest BCUT2D eigenvalue weighted by molar-refractivity contribution is 5.97. The molecular formula is C11H10N2O2. The van der Waals surface area contributed by atoms with Gasteiger partial charge in [0.15, 0.2) is 0 Å². The van der Waals surface area contributed by atoms with Crippen molar-refractivity contribution in [3.8, 4) is 6.07 Å². The number of aromatic nitrogens is 1. The molecule has 15 heavy (non-hydrogen) atoms. The summed E-state index contributed by atoms with van der Waals surface area (Å²) in [6.07, 6.45) is 2.99. The maximum Gasteiger partial charge on any atom is 0.348 e. The predicted molar refractivity (Wildman–Crippen MR) is 54.5 cm³/mol. The van der Waals surface area contributed by atoms with Crippen LogP contribution in [0.25, 0.3) is 6.08 Å². The van der Waals surface area contributed by atoms with E-state index in [-0.39, 0.29) is 12.2 Å². The van der Waals surface area contributed by atoms with Crippen LogP contribution < -0.4 is 0 Å². The van der Waals surface area contributed by atoms with Gasteiger partial charge in [-0.3, -0.25) is 4.98 Å². The molecular weight excluding hydrogens is 192 g/mol. The lowest BCUT2D eigenvalue weighted by Gasteiger charge is -1.98. The molecule has 0 aliphatic heterocycles. The second-order valence-corrected chi connectivity index (χ2v) is 2.64. The summed E-state index contributed by atoms with van der Waals surface area (Å²) in [5.41, 5.74) is 0.512. The van der Waals surface area contributed by atoms with Crippen LogP contribution in [0.2, 0.25) is 0 Å². The second kappa shape index (κ2) is 5.55. The molecule has 0 saturated heterocycles. The van der Waals surface area contributed by atoms with Crippen molar-refractivity contribution in [1.29, 1.82) is 5.26 Å². The van der Waals surface area contributed by atoms with Crippen molar-refractivity contribution < 1.29 is 9.53 Å². The molecule has 0 atom stereocenters. The normalized spacial score (nSPS) is 10.5. The summed E-state index contributed by atoms with van der Waals surface area (Å²) in [6.45, 7) is 1.94. The fourth-order valence-electron chi connectivity index (χ4n) is 0.955. The molecule has 0 aromatic carbocycles. The fraction of sp³-hybridized carbons (Fsp3) is 0.182. The minimum Gasteiger partial charge on any atom is -0.462 e. The number of carbonyl (C=O) groups is 1. The molecule has 0 aliphatic rings. The standard InChI is InChI=1S/C11H10N2O2/c1-2-15-11(14)9(8-12)7-10-5-3-4-6-13-10/h3-7H,2H2,1H3/b9-7-. The Kier molecular flexibility index (Phi) is 4.05. The molecule has 0 radical (unpaired) electrons. The van der Waals surface area contributed by atoms with Crippen molar-refractivity contribution in [1.82, 2.24) is 4.98 Å². The molecule has 0 spiro atoms. The number of nitrogens with zero attached hydrogens (tertiary/aromatic N) is 2. The third-order valence-electron chi connectivity index (χ3n) is 1.60. The highest BCUT2D eigenvalue weighted by Gasteiger charge is 2.09. The van der Waals surface area contributed by atoms with E-state index in [2.05, 4.69) is 4.98 Å². The van der Waals surface area contributed by atoms with E-state index in [1.54, 1.807) is 37.4 Å². The van der Waals surface area contributed by atoms with Crippen LogP contribution in [0.15, 0.2) is 30.0 Å². The molecule has 1 aromatic rings. The molecule has 1 rings (SSSR count). The summed E-state index contributed by atoms with van der Waals surface area (Å²) in [4.78, 5) is 15.2. The lowest BCUT2D eigenvalue weighted by molar-refractivity contribution is -0.137. The quantitative estimate of drug-likeness (QED) is 0.424. The highest BCUT2D eigenvalue weighted by Crippen LogP contribution is 2.04. The Labute approximate surface area is 87.8 Å². The largest absolute Gasteiger partial charge is 0.462 e. The highest BCUT2D eigenvalue weighted by atomic mass is 16.5. The van der Waals surface area contributed by atoms with E-state index in [0.717, 1.165) is 0 Å². The van der Waals surface area contributed by atoms with E-state index in [1.165, 1.54) is 6.08 Å². The average Bonchev–Trinajstić information content (AvgIpc) is 2.27. The summed E-state index contributed by atoms with van der Waals surface area (Å²) in [5, 5.41) is 8.74. The van der Waals surface area contributed by atoms with Crippen LogP contribution in [0.1, 0.15) is 12.6 Å². The van der Waals surface area contributed by atoms with Gasteiger partial charge in [-0.25, -0.2) is 4.79 Å². The number of carbonyl (C=O) groups excluding carboxylic acids is 1. The van der Waals surface area contributed by atoms with Crippen LogP contribution in [-0.2, 0) is 9.53 Å². The molecule has 0 N–H and O–H groups in total. The first kappa shape index (κ1) is 10.9. The molecule has 0 bridgehead atoms. The molecule has 0 fully saturated rings. The van der Waals surface area contributed by atoms with E-state index in [4.69, 9.17) is 10.00 Å². The predicted octanol–water partition coefficient (Wildman–Crippen LogP) is 1.55. The summed E-state index contributed by atoms with van der Waals surface area (Å²) in [5.74, 6) is -0.620. The third-order valence-corrected chi connectivity index (χ3v) is 1.60. The number of esters is 1. The van der Waals surface area contributed by atoms with Gasteiger partial charge in [-0.2, -0.15) is 5.26 Å². The van der Waals surface area contributed by atoms with Gasteiger partial charge in [0.05, 0.1) is 12.3 Å². The van der Waals surface area contributed by atoms with Gasteiger partial charge in [-0.15, -0.1) is 0 Å². The Morgan fingerprint density at radius 2 is 2.47 bits per heavy atom. The average molecular weight is 202 g/mol. The van der Waals surface area contributed by atoms with Gasteiger partial charge in [-0.1, -0.05) is 6.07 Å². The zero-order valence-electron chi connectivity index (χ0n) is 8.30. The van der Waals surface area contributed by atoms with Crippen LogP contribution in [-0.4, -0.2) is 17.6 Å². The van der Waals surface area contributed by atoms with Gasteiger partial charge in [0, 0.05) is 6.20 Å². The van der Waals surface area contributed by atoms with Crippen molar-refractivity contribution in [3.63, 3.8) is 0 Å². The first-order chi connectivity index (χ1) is 7.27. The molecule has 0 unspecified atom stereocenters. The summed E-state index contributed by atoms with van der Waals surface area (Å²) in [7, 11) is 0. The number of rotatable bonds is 3. The van der Waals surface area contributed by atoms with Crippen molar-refractivity contribution in [2.75, 3.05) is 6.61 Å². The Morgan fingerprint density at radius 3 is 3.00 bits per heavy atom. The van der Waals surface area contributed by atoms with Gasteiger partial charge in [-0.05, 0) is 25.1 Å². The SMILES string of the molecule is CCOC(=O)/C(C#N)=C\c1ccccn1. The zero-order valence-corrected chi connectivity index (χ0v) is 8.30. The van der Waals surface area contributed by atoms with Gasteiger partial charge >= 0.3 is 5.97 Å². The molecule has 0 aliphatic carbocycles. The van der Waals surface area contributed by atoms with E-state index < -0.39 is 5.97 Å². The van der Waals surface area contributed by atoms with Gasteiger partial charge in [0.2, 0.25) is 0 Å². The molecule has 1 heterocycles. The van der Waals surface area contributed by atoms with E-state index in [0.29, 0.717) is 5.69 Å². The van der Waals surface area contributed by atoms with Crippen molar-refractivity contribution in [2.24, 2.45) is 0 Å². The molecule has 1 aromatic heterocycles. The number of hydrogen-bond donors (Lipinski definition) is 0.